The number of carbonyl (C=O) groups is 1. The predicted octanol–water partition coefficient (Wildman–Crippen LogP) is 3.95. The van der Waals surface area contributed by atoms with E-state index in [0.29, 0.717) is 11.7 Å². The number of hydrogen-bond acceptors (Lipinski definition) is 5. The van der Waals surface area contributed by atoms with Crippen molar-refractivity contribution in [3.05, 3.63) is 70.6 Å². The number of thiazole rings is 1. The van der Waals surface area contributed by atoms with E-state index in [1.54, 1.807) is 0 Å². The summed E-state index contributed by atoms with van der Waals surface area (Å²) in [7, 11) is 0. The summed E-state index contributed by atoms with van der Waals surface area (Å²) in [6.45, 7) is 4.41. The number of hydrogen-bond donors (Lipinski definition) is 3. The van der Waals surface area contributed by atoms with Gasteiger partial charge in [-0.1, -0.05) is 54.1 Å². The summed E-state index contributed by atoms with van der Waals surface area (Å²) in [5, 5.41) is 18.2. The van der Waals surface area contributed by atoms with Crippen molar-refractivity contribution in [1.29, 1.82) is 0 Å². The summed E-state index contributed by atoms with van der Waals surface area (Å²) >= 11 is 1.43. The van der Waals surface area contributed by atoms with Crippen LogP contribution in [0.4, 0.5) is 5.13 Å². The molecule has 3 aromatic rings. The molecule has 1 heterocycles. The normalized spacial score (nSPS) is 11.8. The van der Waals surface area contributed by atoms with Crippen LogP contribution in [0.25, 0.3) is 11.3 Å². The molecule has 3 N–H and O–H groups in total. The van der Waals surface area contributed by atoms with E-state index in [2.05, 4.69) is 59.8 Å². The Kier molecular flexibility index (Phi) is 7.38. The molecule has 0 fully saturated rings. The third-order valence-electron chi connectivity index (χ3n) is 4.74. The number of aliphatic hydroxyl groups excluding tert-OH is 1. The van der Waals surface area contributed by atoms with Gasteiger partial charge in [-0.05, 0) is 37.8 Å². The number of aromatic nitrogens is 1. The van der Waals surface area contributed by atoms with Crippen LogP contribution in [0.1, 0.15) is 23.1 Å². The summed E-state index contributed by atoms with van der Waals surface area (Å²) in [4.78, 5) is 17.0. The van der Waals surface area contributed by atoms with Gasteiger partial charge in [-0.25, -0.2) is 4.98 Å². The maximum atomic E-state index is 12.4. The van der Waals surface area contributed by atoms with Crippen LogP contribution in [-0.4, -0.2) is 35.2 Å². The number of rotatable bonds is 9. The topological polar surface area (TPSA) is 74.2 Å². The summed E-state index contributed by atoms with van der Waals surface area (Å²) in [5.41, 5.74) is 5.57. The minimum absolute atomic E-state index is 0.219. The Bertz CT molecular complexity index is 940. The molecule has 5 nitrogen and oxygen atoms in total. The molecule has 0 spiro atoms. The maximum Gasteiger partial charge on any atom is 0.244 e. The second-order valence-corrected chi connectivity index (χ2v) is 7.97. The van der Waals surface area contributed by atoms with Gasteiger partial charge in [0, 0.05) is 17.5 Å². The van der Waals surface area contributed by atoms with Crippen molar-refractivity contribution in [2.75, 3.05) is 18.5 Å². The van der Waals surface area contributed by atoms with Crippen LogP contribution in [0.2, 0.25) is 0 Å². The van der Waals surface area contributed by atoms with E-state index >= 15 is 0 Å². The Hall–Kier alpha value is -2.70. The molecule has 29 heavy (non-hydrogen) atoms. The van der Waals surface area contributed by atoms with Crippen molar-refractivity contribution in [2.24, 2.45) is 0 Å². The van der Waals surface area contributed by atoms with Crippen LogP contribution in [0.5, 0.6) is 0 Å². The first-order valence-electron chi connectivity index (χ1n) is 9.79. The van der Waals surface area contributed by atoms with Crippen LogP contribution in [0.3, 0.4) is 0 Å². The smallest absolute Gasteiger partial charge is 0.244 e. The van der Waals surface area contributed by atoms with Crippen molar-refractivity contribution in [3.8, 4) is 11.3 Å². The highest BCUT2D eigenvalue weighted by molar-refractivity contribution is 7.14. The lowest BCUT2D eigenvalue weighted by Gasteiger charge is -2.15. The standard InChI is InChI=1S/C23H27N3O2S/c1-16-10-11-19(17(2)13-16)21-15-29-23(26-21)25-20(14-27)22(28)24-12-6-9-18-7-4-3-5-8-18/h3-5,7-8,10-11,13,15,20,27H,6,9,12,14H2,1-2H3,(H,24,28)(H,25,26)/t20-/m0/s1. The molecular weight excluding hydrogens is 382 g/mol. The van der Waals surface area contributed by atoms with Gasteiger partial charge in [0.25, 0.3) is 0 Å². The number of nitrogens with zero attached hydrogens (tertiary/aromatic N) is 1. The Balaban J connectivity index is 1.52. The van der Waals surface area contributed by atoms with Crippen LogP contribution in [-0.2, 0) is 11.2 Å². The lowest BCUT2D eigenvalue weighted by molar-refractivity contribution is -0.122. The second-order valence-electron chi connectivity index (χ2n) is 7.12. The van der Waals surface area contributed by atoms with Crippen molar-refractivity contribution in [2.45, 2.75) is 32.7 Å². The zero-order valence-corrected chi connectivity index (χ0v) is 17.6. The molecule has 1 aromatic heterocycles. The highest BCUT2D eigenvalue weighted by atomic mass is 32.1. The minimum atomic E-state index is -0.718. The van der Waals surface area contributed by atoms with Crippen LogP contribution >= 0.6 is 11.3 Å². The average Bonchev–Trinajstić information content (AvgIpc) is 3.18. The van der Waals surface area contributed by atoms with Gasteiger partial charge in [-0.2, -0.15) is 0 Å². The number of amides is 1. The third kappa shape index (κ3) is 5.89. The molecule has 0 radical (unpaired) electrons. The third-order valence-corrected chi connectivity index (χ3v) is 5.52. The fraction of sp³-hybridized carbons (Fsp3) is 0.304. The van der Waals surface area contributed by atoms with Crippen LogP contribution < -0.4 is 10.6 Å². The predicted molar refractivity (Wildman–Crippen MR) is 119 cm³/mol. The van der Waals surface area contributed by atoms with E-state index in [0.717, 1.165) is 29.7 Å². The molecule has 2 aromatic carbocycles. The number of aliphatic hydroxyl groups is 1. The molecule has 1 amide bonds. The minimum Gasteiger partial charge on any atom is -0.394 e. The number of anilines is 1. The van der Waals surface area contributed by atoms with Crippen LogP contribution in [0, 0.1) is 13.8 Å². The molecule has 1 atom stereocenters. The Morgan fingerprint density at radius 1 is 1.17 bits per heavy atom. The Morgan fingerprint density at radius 3 is 2.69 bits per heavy atom. The van der Waals surface area contributed by atoms with E-state index in [-0.39, 0.29) is 12.5 Å². The number of nitrogens with one attached hydrogen (secondary N) is 2. The van der Waals surface area contributed by atoms with Crippen molar-refractivity contribution < 1.29 is 9.90 Å². The van der Waals surface area contributed by atoms with E-state index in [1.165, 1.54) is 22.5 Å². The van der Waals surface area contributed by atoms with E-state index in [9.17, 15) is 9.90 Å². The summed E-state index contributed by atoms with van der Waals surface area (Å²) in [6.07, 6.45) is 1.76. The Morgan fingerprint density at radius 2 is 1.97 bits per heavy atom. The van der Waals surface area contributed by atoms with Crippen LogP contribution in [0.15, 0.2) is 53.9 Å². The van der Waals surface area contributed by atoms with E-state index in [4.69, 9.17) is 0 Å². The fourth-order valence-corrected chi connectivity index (χ4v) is 3.94. The molecule has 0 aliphatic carbocycles. The fourth-order valence-electron chi connectivity index (χ4n) is 3.18. The quantitative estimate of drug-likeness (QED) is 0.468. The summed E-state index contributed by atoms with van der Waals surface area (Å²) in [6, 6.07) is 15.7. The van der Waals surface area contributed by atoms with Crippen molar-refractivity contribution in [3.63, 3.8) is 0 Å². The average molecular weight is 410 g/mol. The van der Waals surface area contributed by atoms with Crippen molar-refractivity contribution >= 4 is 22.4 Å². The van der Waals surface area contributed by atoms with Gasteiger partial charge in [0.05, 0.1) is 12.3 Å². The number of benzene rings is 2. The molecule has 0 bridgehead atoms. The number of carbonyl (C=O) groups excluding carboxylic acids is 1. The highest BCUT2D eigenvalue weighted by Gasteiger charge is 2.18. The lowest BCUT2D eigenvalue weighted by Crippen LogP contribution is -2.42. The zero-order chi connectivity index (χ0) is 20.6. The Labute approximate surface area is 175 Å². The van der Waals surface area contributed by atoms with E-state index in [1.807, 2.05) is 23.6 Å². The SMILES string of the molecule is Cc1ccc(-c2csc(N[C@@H](CO)C(=O)NCCCc3ccccc3)n2)c(C)c1. The zero-order valence-electron chi connectivity index (χ0n) is 16.8. The molecule has 6 heteroatoms. The van der Waals surface area contributed by atoms with Gasteiger partial charge in [-0.15, -0.1) is 11.3 Å². The highest BCUT2D eigenvalue weighted by Crippen LogP contribution is 2.28. The number of aryl methyl sites for hydroxylation is 3. The van der Waals surface area contributed by atoms with Crippen molar-refractivity contribution in [1.82, 2.24) is 10.3 Å². The molecule has 152 valence electrons. The molecule has 3 rings (SSSR count). The summed E-state index contributed by atoms with van der Waals surface area (Å²) in [5.74, 6) is -0.219. The monoisotopic (exact) mass is 409 g/mol. The lowest BCUT2D eigenvalue weighted by atomic mass is 10.0. The van der Waals surface area contributed by atoms with Gasteiger partial charge in [-0.3, -0.25) is 4.79 Å². The first-order valence-corrected chi connectivity index (χ1v) is 10.7. The first kappa shape index (κ1) is 21.0. The van der Waals surface area contributed by atoms with E-state index < -0.39 is 6.04 Å². The van der Waals surface area contributed by atoms with Gasteiger partial charge < -0.3 is 15.7 Å². The van der Waals surface area contributed by atoms with Gasteiger partial charge in [0.1, 0.15) is 6.04 Å². The van der Waals surface area contributed by atoms with Gasteiger partial charge >= 0.3 is 0 Å². The van der Waals surface area contributed by atoms with Gasteiger partial charge in [0.2, 0.25) is 5.91 Å². The summed E-state index contributed by atoms with van der Waals surface area (Å²) < 4.78 is 0. The molecule has 0 unspecified atom stereocenters. The van der Waals surface area contributed by atoms with Gasteiger partial charge in [0.15, 0.2) is 5.13 Å². The largest absolute Gasteiger partial charge is 0.394 e. The molecule has 0 aliphatic rings. The molecule has 0 saturated heterocycles. The molecular formula is C23H27N3O2S. The second kappa shape index (κ2) is 10.2. The molecule has 0 saturated carbocycles. The molecule has 0 aliphatic heterocycles. The first-order chi connectivity index (χ1) is 14.1. The maximum absolute atomic E-state index is 12.4.